The number of carbonyl (C=O) groups is 3. The molecule has 1 aliphatic rings. The fraction of sp³-hybridized carbons (Fsp3) is 0.0870. The summed E-state index contributed by atoms with van der Waals surface area (Å²) in [5.41, 5.74) is -2.14. The van der Waals surface area contributed by atoms with Gasteiger partial charge in [-0.15, -0.1) is 0 Å². The van der Waals surface area contributed by atoms with Crippen LogP contribution in [0.4, 0.5) is 10.5 Å². The third-order valence-electron chi connectivity index (χ3n) is 5.09. The second kappa shape index (κ2) is 9.02. The summed E-state index contributed by atoms with van der Waals surface area (Å²) in [6.45, 7) is 0. The number of anilines is 1. The van der Waals surface area contributed by atoms with Crippen molar-refractivity contribution in [1.29, 1.82) is 0 Å². The van der Waals surface area contributed by atoms with E-state index in [1.54, 1.807) is 47.8 Å². The number of hydrogen-bond donors (Lipinski definition) is 2. The molecule has 0 radical (unpaired) electrons. The fourth-order valence-electron chi connectivity index (χ4n) is 3.47. The molecule has 1 fully saturated rings. The minimum atomic E-state index is -0.931. The third-order valence-corrected chi connectivity index (χ3v) is 5.09. The topological polar surface area (TPSA) is 152 Å². The molecule has 35 heavy (non-hydrogen) atoms. The van der Waals surface area contributed by atoms with Crippen molar-refractivity contribution in [3.63, 3.8) is 0 Å². The number of aromatic amines is 1. The normalized spacial score (nSPS) is 15.2. The molecule has 0 aliphatic carbocycles. The number of nitrogens with zero attached hydrogens (tertiary/aromatic N) is 4. The smallest absolute Gasteiger partial charge is 0.336 e. The SMILES string of the molecule is C[n+]1cccc(N2C(=O)NC(=O)C(=CC=Cc3c([O-])n(-c4ccc[n+](C)c4)c(=O)[nH]c3=O)C2=O)c1. The summed E-state index contributed by atoms with van der Waals surface area (Å²) in [4.78, 5) is 64.9. The number of barbiturate groups is 1. The first-order chi connectivity index (χ1) is 16.7. The Morgan fingerprint density at radius 3 is 2.23 bits per heavy atom. The lowest BCUT2D eigenvalue weighted by atomic mass is 10.1. The molecule has 4 rings (SSSR count). The lowest BCUT2D eigenvalue weighted by Crippen LogP contribution is -2.54. The highest BCUT2D eigenvalue weighted by molar-refractivity contribution is 6.37. The van der Waals surface area contributed by atoms with Crippen LogP contribution in [-0.4, -0.2) is 27.4 Å². The Hall–Kier alpha value is -5.13. The maximum absolute atomic E-state index is 12.9. The summed E-state index contributed by atoms with van der Waals surface area (Å²) in [7, 11) is 3.40. The van der Waals surface area contributed by atoms with E-state index in [9.17, 15) is 29.1 Å². The number of nitrogens with one attached hydrogen (secondary N) is 2. The van der Waals surface area contributed by atoms with Crippen molar-refractivity contribution in [2.24, 2.45) is 14.1 Å². The summed E-state index contributed by atoms with van der Waals surface area (Å²) in [6.07, 6.45) is 9.76. The highest BCUT2D eigenvalue weighted by Gasteiger charge is 2.37. The number of amides is 4. The largest absolute Gasteiger partial charge is 0.859 e. The Bertz CT molecular complexity index is 1570. The average Bonchev–Trinajstić information content (AvgIpc) is 2.77. The highest BCUT2D eigenvalue weighted by Crippen LogP contribution is 2.19. The van der Waals surface area contributed by atoms with Crippen molar-refractivity contribution >= 4 is 29.6 Å². The van der Waals surface area contributed by atoms with E-state index in [4.69, 9.17) is 0 Å². The van der Waals surface area contributed by atoms with Gasteiger partial charge in [-0.05, 0) is 30.2 Å². The molecule has 0 unspecified atom stereocenters. The zero-order chi connectivity index (χ0) is 25.3. The number of imide groups is 2. The number of pyridine rings is 2. The molecule has 1 saturated heterocycles. The number of hydrogen-bond acceptors (Lipinski definition) is 6. The van der Waals surface area contributed by atoms with Crippen molar-refractivity contribution < 1.29 is 28.6 Å². The van der Waals surface area contributed by atoms with Gasteiger partial charge < -0.3 is 5.11 Å². The first kappa shape index (κ1) is 23.0. The van der Waals surface area contributed by atoms with Crippen molar-refractivity contribution in [3.8, 4) is 11.6 Å². The fourth-order valence-corrected chi connectivity index (χ4v) is 3.47. The molecular weight excluding hydrogens is 456 g/mol. The lowest BCUT2D eigenvalue weighted by molar-refractivity contribution is -0.671. The van der Waals surface area contributed by atoms with Gasteiger partial charge in [0.2, 0.25) is 0 Å². The van der Waals surface area contributed by atoms with Crippen LogP contribution in [0.2, 0.25) is 0 Å². The van der Waals surface area contributed by atoms with E-state index in [0.717, 1.165) is 27.7 Å². The molecule has 0 spiro atoms. The Balaban J connectivity index is 1.72. The van der Waals surface area contributed by atoms with Gasteiger partial charge in [0.15, 0.2) is 24.8 Å². The molecule has 12 heteroatoms. The van der Waals surface area contributed by atoms with Crippen molar-refractivity contribution in [1.82, 2.24) is 14.9 Å². The molecule has 3 aromatic heterocycles. The van der Waals surface area contributed by atoms with E-state index < -0.39 is 35.0 Å². The second-order valence-corrected chi connectivity index (χ2v) is 7.61. The summed E-state index contributed by atoms with van der Waals surface area (Å²) < 4.78 is 4.04. The van der Waals surface area contributed by atoms with Crippen LogP contribution in [-0.2, 0) is 23.7 Å². The number of aryl methyl sites for hydroxylation is 2. The van der Waals surface area contributed by atoms with Crippen LogP contribution >= 0.6 is 0 Å². The van der Waals surface area contributed by atoms with Crippen LogP contribution in [0.15, 0.2) is 76.4 Å². The van der Waals surface area contributed by atoms with Gasteiger partial charge >= 0.3 is 11.7 Å². The molecule has 0 saturated carbocycles. The molecule has 4 heterocycles. The van der Waals surface area contributed by atoms with Gasteiger partial charge in [0.05, 0.1) is 0 Å². The van der Waals surface area contributed by atoms with E-state index >= 15 is 0 Å². The standard InChI is InChI=1S/C23H18N6O6/c1-26-10-4-6-14(12-26)28-20(32)16(18(30)24-22(28)34)8-3-9-17-19(31)25-23(35)29(21(17)33)15-7-5-11-27(2)13-15/h3-13H,1-2H3,(H-2,24,25,30,31,32,33,34,35)/p+1. The maximum atomic E-state index is 12.9. The number of urea groups is 1. The maximum Gasteiger partial charge on any atom is 0.336 e. The summed E-state index contributed by atoms with van der Waals surface area (Å²) in [5.74, 6) is -2.69. The van der Waals surface area contributed by atoms with Crippen LogP contribution in [0, 0.1) is 0 Å². The van der Waals surface area contributed by atoms with Crippen molar-refractivity contribution in [3.05, 3.63) is 93.2 Å². The van der Waals surface area contributed by atoms with Crippen LogP contribution in [0.5, 0.6) is 5.88 Å². The van der Waals surface area contributed by atoms with Crippen molar-refractivity contribution in [2.75, 3.05) is 4.90 Å². The minimum Gasteiger partial charge on any atom is -0.859 e. The zero-order valence-electron chi connectivity index (χ0n) is 18.6. The van der Waals surface area contributed by atoms with E-state index in [1.807, 2.05) is 0 Å². The monoisotopic (exact) mass is 475 g/mol. The Kier molecular flexibility index (Phi) is 5.94. The van der Waals surface area contributed by atoms with E-state index in [1.165, 1.54) is 24.5 Å². The van der Waals surface area contributed by atoms with Crippen LogP contribution in [0.25, 0.3) is 11.8 Å². The Morgan fingerprint density at radius 1 is 0.943 bits per heavy atom. The van der Waals surface area contributed by atoms with E-state index in [-0.39, 0.29) is 22.5 Å². The molecule has 1 aliphatic heterocycles. The van der Waals surface area contributed by atoms with Crippen molar-refractivity contribution in [2.45, 2.75) is 0 Å². The number of H-pyrrole nitrogens is 1. The Labute approximate surface area is 197 Å². The summed E-state index contributed by atoms with van der Waals surface area (Å²) in [6, 6.07) is 5.39. The van der Waals surface area contributed by atoms with Crippen LogP contribution in [0.1, 0.15) is 5.56 Å². The lowest BCUT2D eigenvalue weighted by Gasteiger charge is -2.25. The van der Waals surface area contributed by atoms with E-state index in [0.29, 0.717) is 0 Å². The number of rotatable bonds is 4. The predicted octanol–water partition coefficient (Wildman–Crippen LogP) is -1.53. The molecule has 0 atom stereocenters. The van der Waals surface area contributed by atoms with Gasteiger partial charge in [-0.25, -0.2) is 23.6 Å². The molecule has 0 aromatic carbocycles. The molecule has 3 aromatic rings. The zero-order valence-corrected chi connectivity index (χ0v) is 18.6. The highest BCUT2D eigenvalue weighted by atomic mass is 16.3. The van der Waals surface area contributed by atoms with Crippen LogP contribution in [0.3, 0.4) is 0 Å². The molecule has 12 nitrogen and oxygen atoms in total. The van der Waals surface area contributed by atoms with Gasteiger partial charge in [-0.3, -0.25) is 29.3 Å². The molecular formula is C23H19N6O6+. The molecule has 0 bridgehead atoms. The molecule has 4 amide bonds. The van der Waals surface area contributed by atoms with Gasteiger partial charge in [0.25, 0.3) is 17.4 Å². The van der Waals surface area contributed by atoms with Gasteiger partial charge in [0.1, 0.15) is 31.0 Å². The van der Waals surface area contributed by atoms with Gasteiger partial charge in [-0.2, -0.15) is 0 Å². The summed E-state index contributed by atoms with van der Waals surface area (Å²) in [5, 5.41) is 15.0. The molecule has 2 N–H and O–H groups in total. The summed E-state index contributed by atoms with van der Waals surface area (Å²) >= 11 is 0. The van der Waals surface area contributed by atoms with Gasteiger partial charge in [0, 0.05) is 17.7 Å². The third kappa shape index (κ3) is 4.39. The molecule has 176 valence electrons. The number of carbonyl (C=O) groups excluding carboxylic acids is 3. The van der Waals surface area contributed by atoms with Crippen LogP contribution < -0.4 is 35.7 Å². The minimum absolute atomic E-state index is 0.237. The number of aromatic nitrogens is 4. The first-order valence-corrected chi connectivity index (χ1v) is 10.2. The first-order valence-electron chi connectivity index (χ1n) is 10.2. The Morgan fingerprint density at radius 2 is 1.57 bits per heavy atom. The quantitative estimate of drug-likeness (QED) is 0.265. The predicted molar refractivity (Wildman–Crippen MR) is 119 cm³/mol. The second-order valence-electron chi connectivity index (χ2n) is 7.61. The number of allylic oxidation sites excluding steroid dienone is 2. The van der Waals surface area contributed by atoms with E-state index in [2.05, 4.69) is 10.3 Å². The van der Waals surface area contributed by atoms with Gasteiger partial charge in [-0.1, -0.05) is 6.08 Å². The average molecular weight is 475 g/mol.